The molecule has 0 spiro atoms. The molecule has 3 aromatic carbocycles. The number of nitrogens with zero attached hydrogens (tertiary/aromatic N) is 3. The summed E-state index contributed by atoms with van der Waals surface area (Å²) in [7, 11) is 2.06. The van der Waals surface area contributed by atoms with Gasteiger partial charge < -0.3 is 18.9 Å². The van der Waals surface area contributed by atoms with Gasteiger partial charge in [0.25, 0.3) is 0 Å². The molecule has 0 saturated heterocycles. The summed E-state index contributed by atoms with van der Waals surface area (Å²) in [6.45, 7) is 8.46. The predicted octanol–water partition coefficient (Wildman–Crippen LogP) is 6.95. The van der Waals surface area contributed by atoms with Crippen LogP contribution in [0.25, 0.3) is 22.2 Å². The molecule has 1 unspecified atom stereocenters. The molecular weight excluding hydrogens is 498 g/mol. The molecule has 0 bridgehead atoms. The first-order valence-electron chi connectivity index (χ1n) is 13.9. The lowest BCUT2D eigenvalue weighted by Gasteiger charge is -2.32. The average molecular weight is 532 g/mol. The fraction of sp³-hybridized carbons (Fsp3) is 0.235. The maximum absolute atomic E-state index is 13.6. The zero-order valence-corrected chi connectivity index (χ0v) is 23.3. The molecule has 0 aliphatic carbocycles. The van der Waals surface area contributed by atoms with Gasteiger partial charge in [0.2, 0.25) is 5.60 Å². The van der Waals surface area contributed by atoms with Gasteiger partial charge in [-0.3, -0.25) is 4.98 Å². The number of cyclic esters (lactones) is 1. The van der Waals surface area contributed by atoms with Crippen molar-refractivity contribution in [3.8, 4) is 17.0 Å². The summed E-state index contributed by atoms with van der Waals surface area (Å²) in [5, 5.41) is 0.991. The van der Waals surface area contributed by atoms with E-state index in [1.54, 1.807) is 18.3 Å². The van der Waals surface area contributed by atoms with E-state index in [4.69, 9.17) is 14.5 Å². The van der Waals surface area contributed by atoms with Gasteiger partial charge in [-0.15, -0.1) is 0 Å². The van der Waals surface area contributed by atoms with Crippen molar-refractivity contribution < 1.29 is 14.3 Å². The van der Waals surface area contributed by atoms with Crippen LogP contribution in [0.2, 0.25) is 0 Å². The highest BCUT2D eigenvalue weighted by Crippen LogP contribution is 2.54. The SMILES string of the molecule is CCOc1cc(N(CC)CC)ccc1C1(c2c(-c3ccccc3)n(C)c3ccccc23)OC(=O)c2cccnc21. The van der Waals surface area contributed by atoms with Gasteiger partial charge in [0.15, 0.2) is 0 Å². The van der Waals surface area contributed by atoms with Gasteiger partial charge in [-0.1, -0.05) is 48.5 Å². The normalized spacial score (nSPS) is 16.1. The third-order valence-corrected chi connectivity index (χ3v) is 7.89. The third kappa shape index (κ3) is 3.78. The highest BCUT2D eigenvalue weighted by molar-refractivity contribution is 6.00. The fourth-order valence-electron chi connectivity index (χ4n) is 6.13. The van der Waals surface area contributed by atoms with Gasteiger partial charge in [0, 0.05) is 60.1 Å². The molecular formula is C34H33N3O3. The van der Waals surface area contributed by atoms with Gasteiger partial charge in [-0.2, -0.15) is 0 Å². The fourth-order valence-corrected chi connectivity index (χ4v) is 6.13. The number of hydrogen-bond donors (Lipinski definition) is 0. The molecule has 5 aromatic rings. The second-order valence-corrected chi connectivity index (χ2v) is 9.92. The molecule has 1 aliphatic heterocycles. The van der Waals surface area contributed by atoms with E-state index >= 15 is 0 Å². The minimum atomic E-state index is -1.33. The molecule has 6 nitrogen and oxygen atoms in total. The summed E-state index contributed by atoms with van der Waals surface area (Å²) in [6, 6.07) is 28.3. The Kier molecular flexibility index (Phi) is 6.54. The van der Waals surface area contributed by atoms with Crippen LogP contribution in [0.3, 0.4) is 0 Å². The van der Waals surface area contributed by atoms with E-state index in [0.29, 0.717) is 23.6 Å². The van der Waals surface area contributed by atoms with E-state index in [2.05, 4.69) is 66.8 Å². The molecule has 2 aromatic heterocycles. The Morgan fingerprint density at radius 3 is 2.42 bits per heavy atom. The number of fused-ring (bicyclic) bond motifs is 2. The van der Waals surface area contributed by atoms with Gasteiger partial charge in [0.05, 0.1) is 17.9 Å². The van der Waals surface area contributed by atoms with Crippen LogP contribution in [-0.2, 0) is 17.4 Å². The predicted molar refractivity (Wildman–Crippen MR) is 159 cm³/mol. The third-order valence-electron chi connectivity index (χ3n) is 7.89. The maximum atomic E-state index is 13.6. The Bertz CT molecular complexity index is 1700. The molecule has 40 heavy (non-hydrogen) atoms. The first-order chi connectivity index (χ1) is 19.5. The van der Waals surface area contributed by atoms with Crippen LogP contribution in [0.5, 0.6) is 5.75 Å². The first kappa shape index (κ1) is 25.7. The number of rotatable bonds is 8. The van der Waals surface area contributed by atoms with E-state index in [1.807, 2.05) is 43.3 Å². The van der Waals surface area contributed by atoms with Crippen LogP contribution in [0.15, 0.2) is 91.1 Å². The average Bonchev–Trinajstić information content (AvgIpc) is 3.46. The Hall–Kier alpha value is -4.58. The minimum absolute atomic E-state index is 0.398. The Morgan fingerprint density at radius 2 is 1.68 bits per heavy atom. The number of para-hydroxylation sites is 1. The molecule has 6 heteroatoms. The van der Waals surface area contributed by atoms with Crippen LogP contribution in [0.4, 0.5) is 5.69 Å². The lowest BCUT2D eigenvalue weighted by Crippen LogP contribution is -2.32. The number of esters is 1. The number of carbonyl (C=O) groups excluding carboxylic acids is 1. The van der Waals surface area contributed by atoms with Gasteiger partial charge in [-0.05, 0) is 56.7 Å². The Morgan fingerprint density at radius 1 is 0.925 bits per heavy atom. The van der Waals surface area contributed by atoms with E-state index in [0.717, 1.165) is 52.1 Å². The van der Waals surface area contributed by atoms with Crippen molar-refractivity contribution in [3.05, 3.63) is 114 Å². The van der Waals surface area contributed by atoms with Crippen LogP contribution in [-0.4, -0.2) is 35.2 Å². The second kappa shape index (κ2) is 10.2. The molecule has 1 aliphatic rings. The number of aromatic nitrogens is 2. The Balaban J connectivity index is 1.77. The summed E-state index contributed by atoms with van der Waals surface area (Å²) in [5.74, 6) is 0.274. The quantitative estimate of drug-likeness (QED) is 0.203. The summed E-state index contributed by atoms with van der Waals surface area (Å²) in [6.07, 6.45) is 1.73. The van der Waals surface area contributed by atoms with E-state index in [-0.39, 0.29) is 0 Å². The standard InChI is InChI=1S/C34H33N3O3/c1-5-37(6-2)24-19-20-27(29(22-24)39-7-3)34(32-26(33(38)40-34)17-13-21-35-32)30-25-16-11-12-18-28(25)36(4)31(30)23-14-9-8-10-15-23/h8-22H,5-7H2,1-4H3. The minimum Gasteiger partial charge on any atom is -0.493 e. The number of pyridine rings is 1. The lowest BCUT2D eigenvalue weighted by molar-refractivity contribution is 0.0241. The summed E-state index contributed by atoms with van der Waals surface area (Å²) >= 11 is 0. The molecule has 0 N–H and O–H groups in total. The second-order valence-electron chi connectivity index (χ2n) is 9.92. The number of carbonyl (C=O) groups is 1. The number of anilines is 1. The largest absolute Gasteiger partial charge is 0.493 e. The lowest BCUT2D eigenvalue weighted by atomic mass is 9.79. The van der Waals surface area contributed by atoms with E-state index < -0.39 is 11.6 Å². The van der Waals surface area contributed by atoms with Crippen molar-refractivity contribution in [1.82, 2.24) is 9.55 Å². The van der Waals surface area contributed by atoms with E-state index in [1.165, 1.54) is 0 Å². The van der Waals surface area contributed by atoms with Crippen molar-refractivity contribution in [1.29, 1.82) is 0 Å². The van der Waals surface area contributed by atoms with Gasteiger partial charge >= 0.3 is 5.97 Å². The highest BCUT2D eigenvalue weighted by Gasteiger charge is 2.54. The number of aryl methyl sites for hydroxylation is 1. The molecule has 6 rings (SSSR count). The van der Waals surface area contributed by atoms with Crippen molar-refractivity contribution in [2.45, 2.75) is 26.4 Å². The van der Waals surface area contributed by atoms with Crippen LogP contribution < -0.4 is 9.64 Å². The van der Waals surface area contributed by atoms with Crippen molar-refractivity contribution >= 4 is 22.6 Å². The number of benzene rings is 3. The molecule has 1 atom stereocenters. The van der Waals surface area contributed by atoms with Crippen molar-refractivity contribution in [2.24, 2.45) is 7.05 Å². The number of hydrogen-bond acceptors (Lipinski definition) is 5. The zero-order chi connectivity index (χ0) is 27.9. The molecule has 3 heterocycles. The molecule has 0 amide bonds. The summed E-state index contributed by atoms with van der Waals surface area (Å²) < 4.78 is 15.1. The highest BCUT2D eigenvalue weighted by atomic mass is 16.6. The zero-order valence-electron chi connectivity index (χ0n) is 23.3. The summed E-state index contributed by atoms with van der Waals surface area (Å²) in [5.41, 5.74) is 5.41. The van der Waals surface area contributed by atoms with Crippen LogP contribution >= 0.6 is 0 Å². The van der Waals surface area contributed by atoms with Crippen molar-refractivity contribution in [3.63, 3.8) is 0 Å². The molecule has 202 valence electrons. The topological polar surface area (TPSA) is 56.6 Å². The smallest absolute Gasteiger partial charge is 0.341 e. The maximum Gasteiger partial charge on any atom is 0.341 e. The molecule has 0 saturated carbocycles. The van der Waals surface area contributed by atoms with Crippen molar-refractivity contribution in [2.75, 3.05) is 24.6 Å². The van der Waals surface area contributed by atoms with Crippen LogP contribution in [0, 0.1) is 0 Å². The first-order valence-corrected chi connectivity index (χ1v) is 13.9. The Labute approximate surface area is 234 Å². The van der Waals surface area contributed by atoms with Crippen LogP contribution in [0.1, 0.15) is 48.0 Å². The monoisotopic (exact) mass is 531 g/mol. The molecule has 0 fully saturated rings. The summed E-state index contributed by atoms with van der Waals surface area (Å²) in [4.78, 5) is 20.8. The van der Waals surface area contributed by atoms with E-state index in [9.17, 15) is 4.79 Å². The number of ether oxygens (including phenoxy) is 2. The van der Waals surface area contributed by atoms with Gasteiger partial charge in [-0.25, -0.2) is 4.79 Å². The molecule has 0 radical (unpaired) electrons. The van der Waals surface area contributed by atoms with Gasteiger partial charge in [0.1, 0.15) is 11.4 Å².